The van der Waals surface area contributed by atoms with Gasteiger partial charge in [0.25, 0.3) is 0 Å². The lowest BCUT2D eigenvalue weighted by molar-refractivity contribution is -0.137. The van der Waals surface area contributed by atoms with Crippen molar-refractivity contribution >= 4 is 11.9 Å². The highest BCUT2D eigenvalue weighted by Gasteiger charge is 2.24. The van der Waals surface area contributed by atoms with Gasteiger partial charge in [-0.1, -0.05) is 6.92 Å². The van der Waals surface area contributed by atoms with E-state index in [2.05, 4.69) is 16.7 Å². The van der Waals surface area contributed by atoms with Crippen LogP contribution in [0.1, 0.15) is 26.2 Å². The van der Waals surface area contributed by atoms with Crippen molar-refractivity contribution in [1.29, 1.82) is 0 Å². The number of carboxylic acid groups (broad SMARTS) is 1. The highest BCUT2D eigenvalue weighted by molar-refractivity contribution is 5.78. The van der Waals surface area contributed by atoms with Gasteiger partial charge in [-0.2, -0.15) is 0 Å². The summed E-state index contributed by atoms with van der Waals surface area (Å²) in [4.78, 5) is 29.2. The summed E-state index contributed by atoms with van der Waals surface area (Å²) in [5.41, 5.74) is 0. The topological polar surface area (TPSA) is 64.1 Å². The Bertz CT molecular complexity index is 367. The molecular weight excluding hydrogens is 270 g/mol. The fourth-order valence-corrected chi connectivity index (χ4v) is 3.13. The summed E-state index contributed by atoms with van der Waals surface area (Å²) >= 11 is 0. The van der Waals surface area contributed by atoms with E-state index in [1.807, 2.05) is 4.90 Å². The first kappa shape index (κ1) is 16.2. The van der Waals surface area contributed by atoms with Gasteiger partial charge in [0.05, 0.1) is 13.0 Å². The second-order valence-electron chi connectivity index (χ2n) is 6.35. The molecule has 1 atom stereocenters. The Kier molecular flexibility index (Phi) is 5.99. The van der Waals surface area contributed by atoms with E-state index in [4.69, 9.17) is 5.11 Å². The van der Waals surface area contributed by atoms with E-state index in [0.29, 0.717) is 19.0 Å². The van der Waals surface area contributed by atoms with Crippen LogP contribution in [0.25, 0.3) is 0 Å². The minimum Gasteiger partial charge on any atom is -0.481 e. The molecule has 1 unspecified atom stereocenters. The summed E-state index contributed by atoms with van der Waals surface area (Å²) in [6.45, 7) is 8.57. The number of piperidine rings is 1. The molecule has 0 saturated carbocycles. The van der Waals surface area contributed by atoms with Crippen molar-refractivity contribution in [2.75, 3.05) is 52.4 Å². The van der Waals surface area contributed by atoms with E-state index in [1.165, 1.54) is 6.42 Å². The second kappa shape index (κ2) is 7.75. The summed E-state index contributed by atoms with van der Waals surface area (Å²) < 4.78 is 0. The molecule has 0 aromatic rings. The maximum atomic E-state index is 12.3. The number of likely N-dealkylation sites (tertiary alicyclic amines) is 1. The predicted molar refractivity (Wildman–Crippen MR) is 80.1 cm³/mol. The Morgan fingerprint density at radius 3 is 2.38 bits per heavy atom. The van der Waals surface area contributed by atoms with Crippen molar-refractivity contribution in [3.63, 3.8) is 0 Å². The standard InChI is InChI=1S/C15H27N3O3/c1-13-3-2-5-18(11-13)14(19)12-17-9-7-16(8-10-17)6-4-15(20)21/h13H,2-12H2,1H3,(H,20,21). The molecule has 2 fully saturated rings. The van der Waals surface area contributed by atoms with Crippen LogP contribution in [0.3, 0.4) is 0 Å². The third-order valence-corrected chi connectivity index (χ3v) is 4.48. The molecule has 0 aromatic heterocycles. The quantitative estimate of drug-likeness (QED) is 0.792. The molecule has 6 heteroatoms. The molecule has 2 aliphatic heterocycles. The van der Waals surface area contributed by atoms with Crippen molar-refractivity contribution in [3.8, 4) is 0 Å². The summed E-state index contributed by atoms with van der Waals surface area (Å²) in [5, 5.41) is 8.69. The largest absolute Gasteiger partial charge is 0.481 e. The number of hydrogen-bond acceptors (Lipinski definition) is 4. The van der Waals surface area contributed by atoms with E-state index >= 15 is 0 Å². The van der Waals surface area contributed by atoms with Crippen molar-refractivity contribution in [2.24, 2.45) is 5.92 Å². The second-order valence-corrected chi connectivity index (χ2v) is 6.35. The van der Waals surface area contributed by atoms with Gasteiger partial charge in [0, 0.05) is 45.8 Å². The van der Waals surface area contributed by atoms with Crippen molar-refractivity contribution in [2.45, 2.75) is 26.2 Å². The lowest BCUT2D eigenvalue weighted by Gasteiger charge is -2.36. The molecule has 2 saturated heterocycles. The van der Waals surface area contributed by atoms with Crippen LogP contribution >= 0.6 is 0 Å². The summed E-state index contributed by atoms with van der Waals surface area (Å²) in [6.07, 6.45) is 2.55. The number of carbonyl (C=O) groups excluding carboxylic acids is 1. The lowest BCUT2D eigenvalue weighted by Crippen LogP contribution is -2.51. The zero-order valence-electron chi connectivity index (χ0n) is 13.0. The van der Waals surface area contributed by atoms with E-state index in [-0.39, 0.29) is 12.3 Å². The Morgan fingerprint density at radius 1 is 1.10 bits per heavy atom. The molecule has 2 heterocycles. The molecule has 2 aliphatic rings. The number of carboxylic acids is 1. The van der Waals surface area contributed by atoms with Gasteiger partial charge in [0.2, 0.25) is 5.91 Å². The molecule has 0 aliphatic carbocycles. The van der Waals surface area contributed by atoms with Crippen molar-refractivity contribution < 1.29 is 14.7 Å². The van der Waals surface area contributed by atoms with Gasteiger partial charge in [-0.05, 0) is 18.8 Å². The highest BCUT2D eigenvalue weighted by atomic mass is 16.4. The lowest BCUT2D eigenvalue weighted by atomic mass is 10.0. The molecule has 120 valence electrons. The molecule has 21 heavy (non-hydrogen) atoms. The molecule has 2 rings (SSSR count). The molecule has 0 radical (unpaired) electrons. The molecule has 0 aromatic carbocycles. The maximum absolute atomic E-state index is 12.3. The fourth-order valence-electron chi connectivity index (χ4n) is 3.13. The van der Waals surface area contributed by atoms with Gasteiger partial charge >= 0.3 is 5.97 Å². The Hall–Kier alpha value is -1.14. The third-order valence-electron chi connectivity index (χ3n) is 4.48. The van der Waals surface area contributed by atoms with Crippen molar-refractivity contribution in [3.05, 3.63) is 0 Å². The fraction of sp³-hybridized carbons (Fsp3) is 0.867. The zero-order chi connectivity index (χ0) is 15.2. The minimum atomic E-state index is -0.744. The molecule has 1 N–H and O–H groups in total. The minimum absolute atomic E-state index is 0.199. The van der Waals surface area contributed by atoms with Gasteiger partial charge in [0.15, 0.2) is 0 Å². The van der Waals surface area contributed by atoms with Crippen LogP contribution in [0.15, 0.2) is 0 Å². The molecule has 6 nitrogen and oxygen atoms in total. The Balaban J connectivity index is 1.68. The van der Waals surface area contributed by atoms with Crippen LogP contribution in [0.4, 0.5) is 0 Å². The van der Waals surface area contributed by atoms with Crippen LogP contribution in [-0.4, -0.2) is 84.0 Å². The van der Waals surface area contributed by atoms with Crippen molar-refractivity contribution in [1.82, 2.24) is 14.7 Å². The van der Waals surface area contributed by atoms with E-state index in [1.54, 1.807) is 0 Å². The zero-order valence-corrected chi connectivity index (χ0v) is 13.0. The van der Waals surface area contributed by atoms with Crippen LogP contribution in [0.2, 0.25) is 0 Å². The maximum Gasteiger partial charge on any atom is 0.304 e. The first-order valence-corrected chi connectivity index (χ1v) is 7.99. The number of piperazine rings is 1. The van der Waals surface area contributed by atoms with Crippen LogP contribution in [-0.2, 0) is 9.59 Å². The SMILES string of the molecule is CC1CCCN(C(=O)CN2CCN(CCC(=O)O)CC2)C1. The third kappa shape index (κ3) is 5.28. The molecule has 1 amide bonds. The average Bonchev–Trinajstić information content (AvgIpc) is 2.46. The Morgan fingerprint density at radius 2 is 1.76 bits per heavy atom. The molecular formula is C15H27N3O3. The average molecular weight is 297 g/mol. The summed E-state index contributed by atoms with van der Waals surface area (Å²) in [6, 6.07) is 0. The normalized spacial score (nSPS) is 25.0. The van der Waals surface area contributed by atoms with Gasteiger partial charge in [-0.15, -0.1) is 0 Å². The highest BCUT2D eigenvalue weighted by Crippen LogP contribution is 2.15. The summed E-state index contributed by atoms with van der Waals surface area (Å²) in [7, 11) is 0. The first-order chi connectivity index (χ1) is 10.0. The van der Waals surface area contributed by atoms with Crippen LogP contribution < -0.4 is 0 Å². The number of carbonyl (C=O) groups is 2. The van der Waals surface area contributed by atoms with E-state index < -0.39 is 5.97 Å². The van der Waals surface area contributed by atoms with Gasteiger partial charge in [-0.3, -0.25) is 14.5 Å². The Labute approximate surface area is 126 Å². The number of aliphatic carboxylic acids is 1. The number of hydrogen-bond donors (Lipinski definition) is 1. The van der Waals surface area contributed by atoms with Crippen LogP contribution in [0, 0.1) is 5.92 Å². The monoisotopic (exact) mass is 297 g/mol. The summed E-state index contributed by atoms with van der Waals surface area (Å²) in [5.74, 6) is 0.128. The van der Waals surface area contributed by atoms with Gasteiger partial charge < -0.3 is 14.9 Å². The number of amides is 1. The molecule has 0 bridgehead atoms. The van der Waals surface area contributed by atoms with E-state index in [9.17, 15) is 9.59 Å². The molecule has 0 spiro atoms. The van der Waals surface area contributed by atoms with E-state index in [0.717, 1.165) is 45.7 Å². The van der Waals surface area contributed by atoms with Gasteiger partial charge in [-0.25, -0.2) is 0 Å². The number of nitrogens with zero attached hydrogens (tertiary/aromatic N) is 3. The first-order valence-electron chi connectivity index (χ1n) is 7.99. The van der Waals surface area contributed by atoms with Gasteiger partial charge in [0.1, 0.15) is 0 Å². The smallest absolute Gasteiger partial charge is 0.304 e. The predicted octanol–water partition coefficient (Wildman–Crippen LogP) is 0.337. The number of rotatable bonds is 5. The van der Waals surface area contributed by atoms with Crippen LogP contribution in [0.5, 0.6) is 0 Å².